The van der Waals surface area contributed by atoms with Crippen molar-refractivity contribution in [2.45, 2.75) is 109 Å². The van der Waals surface area contributed by atoms with Crippen LogP contribution >= 0.6 is 0 Å². The zero-order chi connectivity index (χ0) is 23.0. The number of halogens is 3. The maximum atomic E-state index is 12.6. The van der Waals surface area contributed by atoms with Gasteiger partial charge in [-0.2, -0.15) is 13.2 Å². The van der Waals surface area contributed by atoms with E-state index in [1.807, 2.05) is 0 Å². The Kier molecular flexibility index (Phi) is 14.9. The van der Waals surface area contributed by atoms with Gasteiger partial charge in [0.25, 0.3) is 6.48 Å². The summed E-state index contributed by atoms with van der Waals surface area (Å²) in [6.45, 7) is 1.60. The summed E-state index contributed by atoms with van der Waals surface area (Å²) in [7, 11) is 3.16. The van der Waals surface area contributed by atoms with Gasteiger partial charge in [-0.15, -0.1) is 0 Å². The molecule has 1 rings (SSSR count). The number of hydrogen-bond acceptors (Lipinski definition) is 3. The smallest absolute Gasteiger partial charge is 0.333 e. The van der Waals surface area contributed by atoms with Gasteiger partial charge in [-0.25, -0.2) is 0 Å². The molecule has 1 atom stereocenters. The summed E-state index contributed by atoms with van der Waals surface area (Å²) in [6.07, 6.45) is 10.4. The SMILES string of the molecule is CCCCCCCCC(CCCCCCc1ccc(C(F)(F)F)cc1)OC(OC)OC. The van der Waals surface area contributed by atoms with Gasteiger partial charge in [0, 0.05) is 14.2 Å². The van der Waals surface area contributed by atoms with Crippen LogP contribution < -0.4 is 0 Å². The van der Waals surface area contributed by atoms with E-state index in [-0.39, 0.29) is 6.10 Å². The van der Waals surface area contributed by atoms with Gasteiger partial charge in [0.15, 0.2) is 0 Å². The maximum absolute atomic E-state index is 12.6. The summed E-state index contributed by atoms with van der Waals surface area (Å²) in [5.41, 5.74) is 0.374. The maximum Gasteiger partial charge on any atom is 0.416 e. The van der Waals surface area contributed by atoms with E-state index in [1.165, 1.54) is 44.2 Å². The van der Waals surface area contributed by atoms with Gasteiger partial charge in [-0.3, -0.25) is 0 Å². The Bertz CT molecular complexity index is 542. The Labute approximate surface area is 186 Å². The molecule has 0 aliphatic heterocycles. The molecule has 0 bridgehead atoms. The van der Waals surface area contributed by atoms with Crippen molar-refractivity contribution in [1.29, 1.82) is 0 Å². The Morgan fingerprint density at radius 2 is 1.26 bits per heavy atom. The van der Waals surface area contributed by atoms with Crippen LogP contribution in [0.25, 0.3) is 0 Å². The number of benzene rings is 1. The average Bonchev–Trinajstić information content (AvgIpc) is 2.75. The number of hydrogen-bond donors (Lipinski definition) is 0. The zero-order valence-corrected chi connectivity index (χ0v) is 19.5. The van der Waals surface area contributed by atoms with Gasteiger partial charge in [0.2, 0.25) is 0 Å². The number of rotatable bonds is 18. The lowest BCUT2D eigenvalue weighted by atomic mass is 10.0. The molecule has 0 aromatic heterocycles. The van der Waals surface area contributed by atoms with E-state index in [0.29, 0.717) is 0 Å². The van der Waals surface area contributed by atoms with E-state index >= 15 is 0 Å². The molecule has 0 radical (unpaired) electrons. The fraction of sp³-hybridized carbons (Fsp3) is 0.760. The molecule has 0 aliphatic carbocycles. The monoisotopic (exact) mass is 446 g/mol. The van der Waals surface area contributed by atoms with Crippen LogP contribution in [-0.2, 0) is 26.8 Å². The zero-order valence-electron chi connectivity index (χ0n) is 19.5. The largest absolute Gasteiger partial charge is 0.416 e. The molecule has 1 unspecified atom stereocenters. The molecule has 0 amide bonds. The van der Waals surface area contributed by atoms with E-state index in [1.54, 1.807) is 26.4 Å². The van der Waals surface area contributed by atoms with E-state index in [9.17, 15) is 13.2 Å². The molecular formula is C25H41F3O3. The van der Waals surface area contributed by atoms with E-state index in [2.05, 4.69) is 6.92 Å². The molecule has 3 nitrogen and oxygen atoms in total. The third-order valence-electron chi connectivity index (χ3n) is 5.59. The standard InChI is InChI=1S/C25H41F3O3/c1-4-5-6-7-8-12-15-23(31-24(29-2)30-3)16-13-10-9-11-14-21-17-19-22(20-18-21)25(26,27)28/h17-20,23-24H,4-16H2,1-3H3. The van der Waals surface area contributed by atoms with Crippen molar-refractivity contribution in [3.8, 4) is 0 Å². The quantitative estimate of drug-likeness (QED) is 0.169. The Morgan fingerprint density at radius 1 is 0.742 bits per heavy atom. The van der Waals surface area contributed by atoms with Gasteiger partial charge in [-0.05, 0) is 43.4 Å². The van der Waals surface area contributed by atoms with E-state index < -0.39 is 18.2 Å². The molecule has 6 heteroatoms. The van der Waals surface area contributed by atoms with Gasteiger partial charge < -0.3 is 14.2 Å². The Hall–Kier alpha value is -1.11. The van der Waals surface area contributed by atoms with Crippen LogP contribution in [0.5, 0.6) is 0 Å². The third-order valence-corrected chi connectivity index (χ3v) is 5.59. The van der Waals surface area contributed by atoms with Crippen molar-refractivity contribution < 1.29 is 27.4 Å². The second kappa shape index (κ2) is 16.5. The first-order valence-corrected chi connectivity index (χ1v) is 11.8. The molecule has 0 aliphatic rings. The molecule has 0 fully saturated rings. The fourth-order valence-corrected chi connectivity index (χ4v) is 3.71. The predicted molar refractivity (Wildman–Crippen MR) is 119 cm³/mol. The van der Waals surface area contributed by atoms with Crippen LogP contribution in [0.15, 0.2) is 24.3 Å². The highest BCUT2D eigenvalue weighted by Crippen LogP contribution is 2.29. The van der Waals surface area contributed by atoms with Crippen molar-refractivity contribution in [3.05, 3.63) is 35.4 Å². The molecule has 0 saturated heterocycles. The van der Waals surface area contributed by atoms with Crippen LogP contribution in [0.4, 0.5) is 13.2 Å². The minimum absolute atomic E-state index is 0.131. The molecule has 31 heavy (non-hydrogen) atoms. The van der Waals surface area contributed by atoms with Crippen molar-refractivity contribution >= 4 is 0 Å². The van der Waals surface area contributed by atoms with Crippen LogP contribution in [0.3, 0.4) is 0 Å². The van der Waals surface area contributed by atoms with E-state index in [0.717, 1.165) is 56.9 Å². The first-order chi connectivity index (χ1) is 14.9. The minimum Gasteiger partial charge on any atom is -0.333 e. The highest BCUT2D eigenvalue weighted by Gasteiger charge is 2.29. The summed E-state index contributed by atoms with van der Waals surface area (Å²) in [6, 6.07) is 5.51. The molecule has 0 heterocycles. The molecule has 0 spiro atoms. The van der Waals surface area contributed by atoms with E-state index in [4.69, 9.17) is 14.2 Å². The first-order valence-electron chi connectivity index (χ1n) is 11.8. The number of ether oxygens (including phenoxy) is 3. The summed E-state index contributed by atoms with van der Waals surface area (Å²) < 4.78 is 54.2. The average molecular weight is 447 g/mol. The lowest BCUT2D eigenvalue weighted by molar-refractivity contribution is -0.285. The second-order valence-corrected chi connectivity index (χ2v) is 8.22. The lowest BCUT2D eigenvalue weighted by Crippen LogP contribution is -2.25. The topological polar surface area (TPSA) is 27.7 Å². The summed E-state index contributed by atoms with van der Waals surface area (Å²) in [5.74, 6) is 0. The van der Waals surface area contributed by atoms with Crippen LogP contribution in [0, 0.1) is 0 Å². The highest BCUT2D eigenvalue weighted by atomic mass is 19.4. The number of unbranched alkanes of at least 4 members (excludes halogenated alkanes) is 8. The Balaban J connectivity index is 2.26. The van der Waals surface area contributed by atoms with Gasteiger partial charge >= 0.3 is 6.18 Å². The fourth-order valence-electron chi connectivity index (χ4n) is 3.71. The molecule has 1 aromatic carbocycles. The number of methoxy groups -OCH3 is 2. The Morgan fingerprint density at radius 3 is 1.77 bits per heavy atom. The molecular weight excluding hydrogens is 405 g/mol. The first kappa shape index (κ1) is 27.9. The molecule has 0 N–H and O–H groups in total. The van der Waals surface area contributed by atoms with Crippen molar-refractivity contribution in [3.63, 3.8) is 0 Å². The summed E-state index contributed by atoms with van der Waals surface area (Å²) in [5, 5.41) is 0. The normalized spacial score (nSPS) is 13.1. The van der Waals surface area contributed by atoms with Gasteiger partial charge in [-0.1, -0.05) is 76.8 Å². The third kappa shape index (κ3) is 13.1. The van der Waals surface area contributed by atoms with Crippen molar-refractivity contribution in [1.82, 2.24) is 0 Å². The minimum atomic E-state index is -4.27. The van der Waals surface area contributed by atoms with Crippen LogP contribution in [0.1, 0.15) is 95.1 Å². The van der Waals surface area contributed by atoms with Crippen LogP contribution in [0.2, 0.25) is 0 Å². The van der Waals surface area contributed by atoms with Crippen LogP contribution in [-0.4, -0.2) is 26.8 Å². The summed E-state index contributed by atoms with van der Waals surface area (Å²) >= 11 is 0. The highest BCUT2D eigenvalue weighted by molar-refractivity contribution is 5.24. The second-order valence-electron chi connectivity index (χ2n) is 8.22. The number of alkyl halides is 3. The number of aryl methyl sites for hydroxylation is 1. The van der Waals surface area contributed by atoms with Gasteiger partial charge in [0.05, 0.1) is 11.7 Å². The molecule has 1 aromatic rings. The lowest BCUT2D eigenvalue weighted by Gasteiger charge is -2.23. The molecule has 0 saturated carbocycles. The molecule has 180 valence electrons. The summed E-state index contributed by atoms with van der Waals surface area (Å²) in [4.78, 5) is 0. The van der Waals surface area contributed by atoms with Gasteiger partial charge in [0.1, 0.15) is 0 Å². The van der Waals surface area contributed by atoms with Crippen molar-refractivity contribution in [2.24, 2.45) is 0 Å². The van der Waals surface area contributed by atoms with Crippen molar-refractivity contribution in [2.75, 3.05) is 14.2 Å². The predicted octanol–water partition coefficient (Wildman–Crippen LogP) is 7.91.